The lowest BCUT2D eigenvalue weighted by Gasteiger charge is -2.14. The van der Waals surface area contributed by atoms with Gasteiger partial charge < -0.3 is 20.1 Å². The zero-order chi connectivity index (χ0) is 28.8. The highest BCUT2D eigenvalue weighted by molar-refractivity contribution is 9.10. The summed E-state index contributed by atoms with van der Waals surface area (Å²) in [6.45, 7) is -0.916. The fourth-order valence-electron chi connectivity index (χ4n) is 3.53. The van der Waals surface area contributed by atoms with E-state index in [1.54, 1.807) is 12.1 Å². The predicted molar refractivity (Wildman–Crippen MR) is 149 cm³/mol. The molecule has 1 heterocycles. The van der Waals surface area contributed by atoms with E-state index in [0.717, 1.165) is 11.0 Å². The highest BCUT2D eigenvalue weighted by Crippen LogP contribution is 2.39. The molecule has 9 nitrogen and oxygen atoms in total. The standard InChI is InChI=1S/C27H20BrF2N3O6S/c1-38-21-10-15(9-20(28)25(21)39-14-24(35)31-18-7-5-16(29)6-8-18)11-22-26(36)33(27(37)40-22)13-23(34)32-19-4-2-3-17(30)12-19/h2-12H,13-14H2,1H3,(H,31,35)(H,32,34)/b22-11+. The van der Waals surface area contributed by atoms with E-state index in [1.165, 1.54) is 55.7 Å². The first kappa shape index (κ1) is 28.8. The zero-order valence-corrected chi connectivity index (χ0v) is 23.1. The third kappa shape index (κ3) is 7.24. The Kier molecular flexibility index (Phi) is 9.17. The minimum absolute atomic E-state index is 0.0739. The van der Waals surface area contributed by atoms with Crippen LogP contribution in [0.1, 0.15) is 5.56 Å². The van der Waals surface area contributed by atoms with Crippen molar-refractivity contribution in [3.05, 3.63) is 87.2 Å². The third-order valence-corrected chi connectivity index (χ3v) is 6.81. The van der Waals surface area contributed by atoms with Gasteiger partial charge in [0.2, 0.25) is 5.91 Å². The summed E-state index contributed by atoms with van der Waals surface area (Å²) in [6, 6.07) is 13.6. The Morgan fingerprint density at radius 1 is 0.975 bits per heavy atom. The molecule has 1 fully saturated rings. The van der Waals surface area contributed by atoms with Crippen LogP contribution >= 0.6 is 27.7 Å². The van der Waals surface area contributed by atoms with Crippen LogP contribution in [0.2, 0.25) is 0 Å². The summed E-state index contributed by atoms with van der Waals surface area (Å²) in [5, 5.41) is 4.39. The molecule has 1 aliphatic rings. The second kappa shape index (κ2) is 12.7. The van der Waals surface area contributed by atoms with E-state index >= 15 is 0 Å². The molecular weight excluding hydrogens is 612 g/mol. The normalized spacial score (nSPS) is 13.9. The van der Waals surface area contributed by atoms with Gasteiger partial charge in [0.05, 0.1) is 16.5 Å². The van der Waals surface area contributed by atoms with E-state index in [-0.39, 0.29) is 28.7 Å². The summed E-state index contributed by atoms with van der Waals surface area (Å²) < 4.78 is 37.8. The second-order valence-electron chi connectivity index (χ2n) is 8.20. The van der Waals surface area contributed by atoms with Crippen LogP contribution in [0.3, 0.4) is 0 Å². The lowest BCUT2D eigenvalue weighted by molar-refractivity contribution is -0.127. The Hall–Kier alpha value is -4.23. The van der Waals surface area contributed by atoms with Gasteiger partial charge in [0, 0.05) is 11.4 Å². The van der Waals surface area contributed by atoms with Crippen molar-refractivity contribution in [3.63, 3.8) is 0 Å². The second-order valence-corrected chi connectivity index (χ2v) is 10.1. The van der Waals surface area contributed by atoms with Crippen molar-refractivity contribution in [1.29, 1.82) is 0 Å². The molecule has 0 aliphatic carbocycles. The number of nitrogens with one attached hydrogen (secondary N) is 2. The number of nitrogens with zero attached hydrogens (tertiary/aromatic N) is 1. The molecule has 0 aromatic heterocycles. The number of anilines is 2. The zero-order valence-electron chi connectivity index (χ0n) is 20.7. The molecule has 0 bridgehead atoms. The van der Waals surface area contributed by atoms with E-state index in [0.29, 0.717) is 27.5 Å². The maximum atomic E-state index is 13.4. The molecule has 2 N–H and O–H groups in total. The number of thioether (sulfide) groups is 1. The molecule has 1 aliphatic heterocycles. The summed E-state index contributed by atoms with van der Waals surface area (Å²) in [4.78, 5) is 50.8. The van der Waals surface area contributed by atoms with Crippen molar-refractivity contribution in [1.82, 2.24) is 4.90 Å². The van der Waals surface area contributed by atoms with Gasteiger partial charge in [-0.15, -0.1) is 0 Å². The van der Waals surface area contributed by atoms with Crippen molar-refractivity contribution in [2.24, 2.45) is 0 Å². The minimum atomic E-state index is -0.669. The van der Waals surface area contributed by atoms with Crippen molar-refractivity contribution in [2.75, 3.05) is 30.9 Å². The van der Waals surface area contributed by atoms with E-state index in [4.69, 9.17) is 9.47 Å². The van der Waals surface area contributed by atoms with Gasteiger partial charge in [-0.3, -0.25) is 24.1 Å². The van der Waals surface area contributed by atoms with Crippen molar-refractivity contribution in [2.45, 2.75) is 0 Å². The summed E-state index contributed by atoms with van der Waals surface area (Å²) in [5.41, 5.74) is 1.07. The number of carbonyl (C=O) groups excluding carboxylic acids is 4. The average molecular weight is 632 g/mol. The Labute approximate surface area is 239 Å². The summed E-state index contributed by atoms with van der Waals surface area (Å²) in [7, 11) is 1.39. The van der Waals surface area contributed by atoms with Crippen LogP contribution in [0.4, 0.5) is 25.0 Å². The fourth-order valence-corrected chi connectivity index (χ4v) is 4.94. The van der Waals surface area contributed by atoms with E-state index in [1.807, 2.05) is 0 Å². The number of imide groups is 1. The predicted octanol–water partition coefficient (Wildman–Crippen LogP) is 5.43. The number of carbonyl (C=O) groups is 4. The fraction of sp³-hybridized carbons (Fsp3) is 0.111. The van der Waals surface area contributed by atoms with Gasteiger partial charge in [-0.25, -0.2) is 8.78 Å². The van der Waals surface area contributed by atoms with Crippen LogP contribution in [0.25, 0.3) is 6.08 Å². The maximum Gasteiger partial charge on any atom is 0.294 e. The van der Waals surface area contributed by atoms with Gasteiger partial charge in [-0.2, -0.15) is 0 Å². The molecule has 40 heavy (non-hydrogen) atoms. The van der Waals surface area contributed by atoms with Gasteiger partial charge in [0.25, 0.3) is 17.1 Å². The number of benzene rings is 3. The van der Waals surface area contributed by atoms with E-state index in [9.17, 15) is 28.0 Å². The first-order valence-corrected chi connectivity index (χ1v) is 13.1. The number of methoxy groups -OCH3 is 1. The van der Waals surface area contributed by atoms with Crippen LogP contribution in [-0.2, 0) is 14.4 Å². The first-order chi connectivity index (χ1) is 19.1. The van der Waals surface area contributed by atoms with E-state index < -0.39 is 41.1 Å². The molecule has 0 radical (unpaired) electrons. The lowest BCUT2D eigenvalue weighted by atomic mass is 10.2. The monoisotopic (exact) mass is 631 g/mol. The minimum Gasteiger partial charge on any atom is -0.493 e. The number of ether oxygens (including phenoxy) is 2. The molecular formula is C27H20BrF2N3O6S. The van der Waals surface area contributed by atoms with Crippen LogP contribution in [0, 0.1) is 11.6 Å². The van der Waals surface area contributed by atoms with Crippen LogP contribution in [0.15, 0.2) is 70.0 Å². The molecule has 3 aromatic carbocycles. The van der Waals surface area contributed by atoms with Gasteiger partial charge >= 0.3 is 0 Å². The van der Waals surface area contributed by atoms with Crippen molar-refractivity contribution >= 4 is 68.1 Å². The number of rotatable bonds is 9. The SMILES string of the molecule is COc1cc(/C=C2/SC(=O)N(CC(=O)Nc3cccc(F)c3)C2=O)cc(Br)c1OCC(=O)Nc1ccc(F)cc1. The third-order valence-electron chi connectivity index (χ3n) is 5.31. The molecule has 0 saturated carbocycles. The molecule has 206 valence electrons. The molecule has 13 heteroatoms. The van der Waals surface area contributed by atoms with Crippen LogP contribution < -0.4 is 20.1 Å². The molecule has 0 atom stereocenters. The number of amides is 4. The number of hydrogen-bond acceptors (Lipinski definition) is 7. The molecule has 4 amide bonds. The van der Waals surface area contributed by atoms with Gasteiger partial charge in [0.15, 0.2) is 18.1 Å². The Balaban J connectivity index is 1.42. The Morgan fingerprint density at radius 3 is 2.40 bits per heavy atom. The smallest absolute Gasteiger partial charge is 0.294 e. The molecule has 3 aromatic rings. The summed E-state index contributed by atoms with van der Waals surface area (Å²) in [5.74, 6) is -2.34. The molecule has 0 unspecified atom stereocenters. The topological polar surface area (TPSA) is 114 Å². The quantitative estimate of drug-likeness (QED) is 0.303. The van der Waals surface area contributed by atoms with Gasteiger partial charge in [-0.1, -0.05) is 6.07 Å². The highest BCUT2D eigenvalue weighted by Gasteiger charge is 2.36. The molecule has 4 rings (SSSR count). The average Bonchev–Trinajstić information content (AvgIpc) is 3.16. The summed E-state index contributed by atoms with van der Waals surface area (Å²) >= 11 is 4.03. The van der Waals surface area contributed by atoms with Gasteiger partial charge in [0.1, 0.15) is 18.2 Å². The van der Waals surface area contributed by atoms with Crippen LogP contribution in [0.5, 0.6) is 11.5 Å². The Morgan fingerprint density at radius 2 is 1.70 bits per heavy atom. The van der Waals surface area contributed by atoms with E-state index in [2.05, 4.69) is 26.6 Å². The number of halogens is 3. The maximum absolute atomic E-state index is 13.4. The Bertz CT molecular complexity index is 1520. The summed E-state index contributed by atoms with van der Waals surface area (Å²) in [6.07, 6.45) is 1.45. The first-order valence-electron chi connectivity index (χ1n) is 11.5. The highest BCUT2D eigenvalue weighted by atomic mass is 79.9. The van der Waals surface area contributed by atoms with Crippen LogP contribution in [-0.4, -0.2) is 48.1 Å². The molecule has 0 spiro atoms. The lowest BCUT2D eigenvalue weighted by Crippen LogP contribution is -2.36. The van der Waals surface area contributed by atoms with Crippen molar-refractivity contribution < 1.29 is 37.4 Å². The molecule has 1 saturated heterocycles. The number of hydrogen-bond donors (Lipinski definition) is 2. The van der Waals surface area contributed by atoms with Gasteiger partial charge in [-0.05, 0) is 93.9 Å². The van der Waals surface area contributed by atoms with Crippen molar-refractivity contribution in [3.8, 4) is 11.5 Å². The largest absolute Gasteiger partial charge is 0.493 e.